The van der Waals surface area contributed by atoms with Crippen molar-refractivity contribution in [1.29, 1.82) is 0 Å². The third-order valence-corrected chi connectivity index (χ3v) is 2.20. The highest BCUT2D eigenvalue weighted by molar-refractivity contribution is 7.80. The van der Waals surface area contributed by atoms with E-state index in [4.69, 9.17) is 0 Å². The van der Waals surface area contributed by atoms with E-state index in [0.29, 0.717) is 0 Å². The lowest BCUT2D eigenvalue weighted by molar-refractivity contribution is -0.129. The number of hydrogen-bond donors (Lipinski definition) is 1. The Morgan fingerprint density at radius 3 is 2.55 bits per heavy atom. The minimum atomic E-state index is -4.31. The van der Waals surface area contributed by atoms with Gasteiger partial charge in [-0.3, -0.25) is 0 Å². The maximum absolute atomic E-state index is 11.9. The smallest absolute Gasteiger partial charge is 0.248 e. The zero-order valence-corrected chi connectivity index (χ0v) is 6.88. The van der Waals surface area contributed by atoms with E-state index >= 15 is 0 Å². The summed E-state index contributed by atoms with van der Waals surface area (Å²) >= 11 is 4.51. The molecule has 1 aromatic heterocycles. The van der Waals surface area contributed by atoms with E-state index in [9.17, 15) is 13.2 Å². The largest absolute Gasteiger partial charge is 0.405 e. The molecule has 1 nitrogen and oxygen atoms in total. The molecule has 0 N–H and O–H groups in total. The number of halogens is 3. The standard InChI is InChI=1S/C5H4F3NS2/c6-5(7,8)4(10)3-1-11-2-9-3/h1-2,4,10H. The minimum Gasteiger partial charge on any atom is -0.248 e. The van der Waals surface area contributed by atoms with Gasteiger partial charge in [0.05, 0.1) is 11.2 Å². The highest BCUT2D eigenvalue weighted by Gasteiger charge is 2.39. The molecule has 0 aliphatic rings. The second kappa shape index (κ2) is 3.02. The quantitative estimate of drug-likeness (QED) is 0.686. The molecule has 0 radical (unpaired) electrons. The minimum absolute atomic E-state index is 0.0363. The van der Waals surface area contributed by atoms with Crippen LogP contribution in [0.2, 0.25) is 0 Å². The SMILES string of the molecule is FC(F)(F)C(S)c1cscn1. The summed E-state index contributed by atoms with van der Waals surface area (Å²) in [6.07, 6.45) is -4.31. The normalized spacial score (nSPS) is 14.9. The van der Waals surface area contributed by atoms with Gasteiger partial charge in [0.1, 0.15) is 5.25 Å². The average Bonchev–Trinajstić information content (AvgIpc) is 2.34. The van der Waals surface area contributed by atoms with Crippen LogP contribution in [-0.2, 0) is 0 Å². The van der Waals surface area contributed by atoms with Crippen LogP contribution in [0.15, 0.2) is 10.9 Å². The molecule has 0 amide bonds. The van der Waals surface area contributed by atoms with E-state index in [1.807, 2.05) is 0 Å². The van der Waals surface area contributed by atoms with Gasteiger partial charge in [0.2, 0.25) is 0 Å². The second-order valence-electron chi connectivity index (χ2n) is 1.86. The lowest BCUT2D eigenvalue weighted by atomic mass is 10.3. The van der Waals surface area contributed by atoms with Gasteiger partial charge in [-0.25, -0.2) is 4.98 Å². The summed E-state index contributed by atoms with van der Waals surface area (Å²) in [5.74, 6) is 0. The number of alkyl halides is 3. The van der Waals surface area contributed by atoms with Gasteiger partial charge in [-0.1, -0.05) is 0 Å². The highest BCUT2D eigenvalue weighted by Crippen LogP contribution is 2.36. The van der Waals surface area contributed by atoms with Crippen LogP contribution in [0, 0.1) is 0 Å². The van der Waals surface area contributed by atoms with Crippen molar-refractivity contribution >= 4 is 24.0 Å². The van der Waals surface area contributed by atoms with Crippen molar-refractivity contribution in [2.75, 3.05) is 0 Å². The fourth-order valence-electron chi connectivity index (χ4n) is 0.525. The molecule has 0 aliphatic heterocycles. The van der Waals surface area contributed by atoms with Crippen molar-refractivity contribution in [3.8, 4) is 0 Å². The fourth-order valence-corrected chi connectivity index (χ4v) is 1.35. The van der Waals surface area contributed by atoms with Gasteiger partial charge in [-0.05, 0) is 0 Å². The maximum atomic E-state index is 11.9. The van der Waals surface area contributed by atoms with E-state index in [-0.39, 0.29) is 5.69 Å². The predicted molar refractivity (Wildman–Crippen MR) is 39.9 cm³/mol. The number of hydrogen-bond acceptors (Lipinski definition) is 3. The first kappa shape index (κ1) is 8.86. The van der Waals surface area contributed by atoms with Gasteiger partial charge < -0.3 is 0 Å². The highest BCUT2D eigenvalue weighted by atomic mass is 32.1. The lowest BCUT2D eigenvalue weighted by Crippen LogP contribution is -2.15. The van der Waals surface area contributed by atoms with Crippen LogP contribution in [0.5, 0.6) is 0 Å². The fraction of sp³-hybridized carbons (Fsp3) is 0.400. The number of thiazole rings is 1. The van der Waals surface area contributed by atoms with Gasteiger partial charge in [-0.15, -0.1) is 11.3 Å². The molecule has 1 aromatic rings. The molecule has 0 bridgehead atoms. The molecule has 1 unspecified atom stereocenters. The molecule has 1 atom stereocenters. The van der Waals surface area contributed by atoms with E-state index < -0.39 is 11.4 Å². The van der Waals surface area contributed by atoms with E-state index in [1.165, 1.54) is 10.9 Å². The summed E-state index contributed by atoms with van der Waals surface area (Å²) in [7, 11) is 0. The molecule has 6 heteroatoms. The van der Waals surface area contributed by atoms with E-state index in [2.05, 4.69) is 17.6 Å². The number of rotatable bonds is 1. The molecule has 62 valence electrons. The van der Waals surface area contributed by atoms with Gasteiger partial charge in [0.25, 0.3) is 0 Å². The van der Waals surface area contributed by atoms with Gasteiger partial charge >= 0.3 is 6.18 Å². The third-order valence-electron chi connectivity index (χ3n) is 1.04. The zero-order chi connectivity index (χ0) is 8.48. The first-order valence-electron chi connectivity index (χ1n) is 2.64. The number of aromatic nitrogens is 1. The molecule has 0 spiro atoms. The Kier molecular flexibility index (Phi) is 2.43. The molecule has 0 aliphatic carbocycles. The molecule has 11 heavy (non-hydrogen) atoms. The van der Waals surface area contributed by atoms with E-state index in [0.717, 1.165) is 11.3 Å². The predicted octanol–water partition coefficient (Wildman–Crippen LogP) is 2.68. The van der Waals surface area contributed by atoms with E-state index in [1.54, 1.807) is 0 Å². The summed E-state index contributed by atoms with van der Waals surface area (Å²) < 4.78 is 35.7. The van der Waals surface area contributed by atoms with Crippen molar-refractivity contribution < 1.29 is 13.2 Å². The molecular weight excluding hydrogens is 195 g/mol. The summed E-state index contributed by atoms with van der Waals surface area (Å²) in [5.41, 5.74) is 1.32. The monoisotopic (exact) mass is 199 g/mol. The average molecular weight is 199 g/mol. The molecule has 0 fully saturated rings. The topological polar surface area (TPSA) is 12.9 Å². The summed E-state index contributed by atoms with van der Waals surface area (Å²) in [5, 5.41) is -0.417. The van der Waals surface area contributed by atoms with Gasteiger partial charge in [-0.2, -0.15) is 25.8 Å². The van der Waals surface area contributed by atoms with Crippen LogP contribution in [0.25, 0.3) is 0 Å². The lowest BCUT2D eigenvalue weighted by Gasteiger charge is -2.11. The van der Waals surface area contributed by atoms with Gasteiger partial charge in [0, 0.05) is 5.38 Å². The zero-order valence-electron chi connectivity index (χ0n) is 5.17. The molecule has 0 aromatic carbocycles. The molecular formula is C5H4F3NS2. The van der Waals surface area contributed by atoms with Crippen LogP contribution in [0.1, 0.15) is 10.9 Å². The number of thiol groups is 1. The van der Waals surface area contributed by atoms with Crippen LogP contribution in [0.3, 0.4) is 0 Å². The Bertz CT molecular complexity index is 218. The van der Waals surface area contributed by atoms with Crippen molar-refractivity contribution in [3.05, 3.63) is 16.6 Å². The van der Waals surface area contributed by atoms with Crippen LogP contribution in [0.4, 0.5) is 13.2 Å². The van der Waals surface area contributed by atoms with Crippen molar-refractivity contribution in [2.24, 2.45) is 0 Å². The maximum Gasteiger partial charge on any atom is 0.405 e. The second-order valence-corrected chi connectivity index (χ2v) is 3.09. The van der Waals surface area contributed by atoms with Crippen LogP contribution < -0.4 is 0 Å². The molecule has 0 saturated heterocycles. The van der Waals surface area contributed by atoms with Crippen molar-refractivity contribution in [3.63, 3.8) is 0 Å². The Morgan fingerprint density at radius 1 is 1.55 bits per heavy atom. The number of nitrogens with zero attached hydrogens (tertiary/aromatic N) is 1. The Morgan fingerprint density at radius 2 is 2.18 bits per heavy atom. The van der Waals surface area contributed by atoms with Gasteiger partial charge in [0.15, 0.2) is 0 Å². The first-order valence-corrected chi connectivity index (χ1v) is 4.10. The molecule has 0 saturated carbocycles. The Hall–Kier alpha value is -0.230. The summed E-state index contributed by atoms with van der Waals surface area (Å²) in [4.78, 5) is 3.50. The summed E-state index contributed by atoms with van der Waals surface area (Å²) in [6.45, 7) is 0. The Balaban J connectivity index is 2.78. The van der Waals surface area contributed by atoms with Crippen LogP contribution in [-0.4, -0.2) is 11.2 Å². The van der Waals surface area contributed by atoms with Crippen LogP contribution >= 0.6 is 24.0 Å². The third kappa shape index (κ3) is 2.10. The molecule has 1 rings (SSSR count). The molecule has 1 heterocycles. The first-order chi connectivity index (χ1) is 5.02. The van der Waals surface area contributed by atoms with Crippen molar-refractivity contribution in [2.45, 2.75) is 11.4 Å². The summed E-state index contributed by atoms with van der Waals surface area (Å²) in [6, 6.07) is 0. The Labute approximate surface area is 70.7 Å². The van der Waals surface area contributed by atoms with Crippen molar-refractivity contribution in [1.82, 2.24) is 4.98 Å².